The maximum Gasteiger partial charge on any atom is 0.240 e. The Morgan fingerprint density at radius 3 is 2.52 bits per heavy atom. The predicted octanol–water partition coefficient (Wildman–Crippen LogP) is 3.31. The van der Waals surface area contributed by atoms with Crippen molar-refractivity contribution >= 4 is 32.4 Å². The number of nitrogens with one attached hydrogen (secondary N) is 2. The molecule has 0 aliphatic heterocycles. The summed E-state index contributed by atoms with van der Waals surface area (Å²) in [5, 5.41) is 4.27. The molecule has 0 aromatic heterocycles. The van der Waals surface area contributed by atoms with Gasteiger partial charge in [0.05, 0.1) is 11.5 Å². The quantitative estimate of drug-likeness (QED) is 0.466. The molecule has 0 radical (unpaired) electrons. The lowest BCUT2D eigenvalue weighted by molar-refractivity contribution is -0.116. The fourth-order valence-corrected chi connectivity index (χ4v) is 3.94. The molecule has 0 spiro atoms. The van der Waals surface area contributed by atoms with Gasteiger partial charge >= 0.3 is 0 Å². The Balaban J connectivity index is 1.52. The van der Waals surface area contributed by atoms with Gasteiger partial charge in [-0.05, 0) is 35.0 Å². The summed E-state index contributed by atoms with van der Waals surface area (Å²) in [6, 6.07) is 16.3. The number of hydrogen-bond donors (Lipinski definition) is 2. The largest absolute Gasteiger partial charge is 0.488 e. The summed E-state index contributed by atoms with van der Waals surface area (Å²) >= 11 is 0. The first-order valence-corrected chi connectivity index (χ1v) is 11.1. The van der Waals surface area contributed by atoms with Crippen LogP contribution in [0.3, 0.4) is 0 Å². The number of hydrogen-bond acceptors (Lipinski definition) is 5. The molecule has 164 valence electrons. The highest BCUT2D eigenvalue weighted by molar-refractivity contribution is 7.89. The van der Waals surface area contributed by atoms with Crippen molar-refractivity contribution in [3.63, 3.8) is 0 Å². The predicted molar refractivity (Wildman–Crippen MR) is 116 cm³/mol. The van der Waals surface area contributed by atoms with Gasteiger partial charge in [0.15, 0.2) is 11.6 Å². The number of carbonyl (C=O) groups is 1. The molecule has 0 saturated carbocycles. The topological polar surface area (TPSA) is 93.7 Å². The minimum absolute atomic E-state index is 0.0539. The van der Waals surface area contributed by atoms with Crippen LogP contribution in [0, 0.1) is 5.82 Å². The van der Waals surface area contributed by atoms with Gasteiger partial charge in [-0.3, -0.25) is 4.79 Å². The molecular formula is C22H23FN2O5S. The number of anilines is 1. The van der Waals surface area contributed by atoms with Crippen LogP contribution < -0.4 is 14.8 Å². The molecule has 0 bridgehead atoms. The van der Waals surface area contributed by atoms with E-state index in [1.54, 1.807) is 12.1 Å². The number of ether oxygens (including phenoxy) is 2. The van der Waals surface area contributed by atoms with E-state index in [0.717, 1.165) is 16.8 Å². The smallest absolute Gasteiger partial charge is 0.240 e. The van der Waals surface area contributed by atoms with E-state index in [0.29, 0.717) is 6.61 Å². The second kappa shape index (κ2) is 10.3. The van der Waals surface area contributed by atoms with Crippen molar-refractivity contribution in [1.29, 1.82) is 0 Å². The molecule has 0 saturated heterocycles. The normalized spacial score (nSPS) is 11.4. The molecule has 3 rings (SSSR count). The SMILES string of the molecule is COCCOc1ccc(NC(=O)CCNS(=O)(=O)c2ccc3ccccc3c2)cc1F. The van der Waals surface area contributed by atoms with Crippen LogP contribution in [0.4, 0.5) is 10.1 Å². The third-order valence-corrected chi connectivity index (χ3v) is 5.89. The van der Waals surface area contributed by atoms with E-state index in [1.165, 1.54) is 25.3 Å². The standard InChI is InChI=1S/C22H23FN2O5S/c1-29-12-13-30-21-9-7-18(15-20(21)23)25-22(26)10-11-24-31(27,28)19-8-6-16-4-2-3-5-17(16)14-19/h2-9,14-15,24H,10-13H2,1H3,(H,25,26). The van der Waals surface area contributed by atoms with E-state index in [2.05, 4.69) is 10.0 Å². The number of fused-ring (bicyclic) bond motifs is 1. The summed E-state index contributed by atoms with van der Waals surface area (Å²) in [6.07, 6.45) is -0.111. The fraction of sp³-hybridized carbons (Fsp3) is 0.227. The third-order valence-electron chi connectivity index (χ3n) is 4.44. The van der Waals surface area contributed by atoms with Gasteiger partial charge in [0.1, 0.15) is 6.61 Å². The van der Waals surface area contributed by atoms with Gasteiger partial charge in [0.25, 0.3) is 0 Å². The van der Waals surface area contributed by atoms with Crippen LogP contribution >= 0.6 is 0 Å². The molecule has 0 atom stereocenters. The number of benzene rings is 3. The molecule has 0 unspecified atom stereocenters. The number of rotatable bonds is 10. The van der Waals surface area contributed by atoms with Crippen LogP contribution in [-0.2, 0) is 19.6 Å². The summed E-state index contributed by atoms with van der Waals surface area (Å²) in [5.41, 5.74) is 0.249. The summed E-state index contributed by atoms with van der Waals surface area (Å²) in [7, 11) is -2.25. The molecule has 0 aliphatic carbocycles. The number of sulfonamides is 1. The van der Waals surface area contributed by atoms with Gasteiger partial charge in [-0.2, -0.15) is 0 Å². The molecule has 3 aromatic carbocycles. The van der Waals surface area contributed by atoms with Crippen molar-refractivity contribution < 1.29 is 27.1 Å². The Morgan fingerprint density at radius 2 is 1.77 bits per heavy atom. The zero-order chi connectivity index (χ0) is 22.3. The summed E-state index contributed by atoms with van der Waals surface area (Å²) in [6.45, 7) is 0.436. The van der Waals surface area contributed by atoms with Crippen LogP contribution in [0.15, 0.2) is 65.6 Å². The maximum atomic E-state index is 14.0. The molecule has 0 aliphatic rings. The minimum atomic E-state index is -3.76. The summed E-state index contributed by atoms with van der Waals surface area (Å²) in [5.74, 6) is -1.02. The number of halogens is 1. The van der Waals surface area contributed by atoms with Crippen LogP contribution in [-0.4, -0.2) is 41.2 Å². The summed E-state index contributed by atoms with van der Waals surface area (Å²) < 4.78 is 51.5. The van der Waals surface area contributed by atoms with Gasteiger partial charge in [0, 0.05) is 31.8 Å². The molecule has 0 heterocycles. The first-order chi connectivity index (χ1) is 14.9. The average Bonchev–Trinajstić information content (AvgIpc) is 2.75. The minimum Gasteiger partial charge on any atom is -0.488 e. The molecule has 31 heavy (non-hydrogen) atoms. The number of methoxy groups -OCH3 is 1. The molecule has 3 aromatic rings. The Kier molecular flexibility index (Phi) is 7.56. The van der Waals surface area contributed by atoms with Crippen molar-refractivity contribution in [3.8, 4) is 5.75 Å². The molecule has 0 fully saturated rings. The van der Waals surface area contributed by atoms with E-state index in [4.69, 9.17) is 9.47 Å². The van der Waals surface area contributed by atoms with E-state index < -0.39 is 21.7 Å². The van der Waals surface area contributed by atoms with E-state index in [9.17, 15) is 17.6 Å². The van der Waals surface area contributed by atoms with Crippen LogP contribution in [0.25, 0.3) is 10.8 Å². The van der Waals surface area contributed by atoms with Crippen LogP contribution in [0.1, 0.15) is 6.42 Å². The number of carbonyl (C=O) groups excluding carboxylic acids is 1. The van der Waals surface area contributed by atoms with Gasteiger partial charge < -0.3 is 14.8 Å². The van der Waals surface area contributed by atoms with Crippen molar-refractivity contribution in [2.75, 3.05) is 32.2 Å². The molecule has 2 N–H and O–H groups in total. The lowest BCUT2D eigenvalue weighted by Crippen LogP contribution is -2.27. The lowest BCUT2D eigenvalue weighted by atomic mass is 10.1. The van der Waals surface area contributed by atoms with Crippen molar-refractivity contribution in [2.24, 2.45) is 0 Å². The second-order valence-corrected chi connectivity index (χ2v) is 8.46. The Bertz CT molecular complexity index is 1170. The highest BCUT2D eigenvalue weighted by Crippen LogP contribution is 2.21. The maximum absolute atomic E-state index is 14.0. The van der Waals surface area contributed by atoms with Gasteiger partial charge in [-0.15, -0.1) is 0 Å². The van der Waals surface area contributed by atoms with E-state index >= 15 is 0 Å². The van der Waals surface area contributed by atoms with Crippen molar-refractivity contribution in [2.45, 2.75) is 11.3 Å². The molecule has 9 heteroatoms. The first kappa shape index (κ1) is 22.7. The third kappa shape index (κ3) is 6.24. The van der Waals surface area contributed by atoms with E-state index in [1.807, 2.05) is 24.3 Å². The van der Waals surface area contributed by atoms with Crippen LogP contribution in [0.2, 0.25) is 0 Å². The van der Waals surface area contributed by atoms with Gasteiger partial charge in [0.2, 0.25) is 15.9 Å². The lowest BCUT2D eigenvalue weighted by Gasteiger charge is -2.10. The second-order valence-electron chi connectivity index (χ2n) is 6.69. The van der Waals surface area contributed by atoms with Gasteiger partial charge in [-0.1, -0.05) is 30.3 Å². The molecular weight excluding hydrogens is 423 g/mol. The van der Waals surface area contributed by atoms with Crippen molar-refractivity contribution in [1.82, 2.24) is 4.72 Å². The van der Waals surface area contributed by atoms with Crippen LogP contribution in [0.5, 0.6) is 5.75 Å². The monoisotopic (exact) mass is 446 g/mol. The Labute approximate surface area is 180 Å². The average molecular weight is 447 g/mol. The van der Waals surface area contributed by atoms with Crippen molar-refractivity contribution in [3.05, 3.63) is 66.5 Å². The Hall–Kier alpha value is -3.01. The summed E-state index contributed by atoms with van der Waals surface area (Å²) in [4.78, 5) is 12.2. The molecule has 7 nitrogen and oxygen atoms in total. The van der Waals surface area contributed by atoms with E-state index in [-0.39, 0.29) is 35.9 Å². The molecule has 1 amide bonds. The zero-order valence-corrected chi connectivity index (χ0v) is 17.7. The van der Waals surface area contributed by atoms with Gasteiger partial charge in [-0.25, -0.2) is 17.5 Å². The fourth-order valence-electron chi connectivity index (χ4n) is 2.87. The number of amides is 1. The zero-order valence-electron chi connectivity index (χ0n) is 16.9. The first-order valence-electron chi connectivity index (χ1n) is 9.58. The highest BCUT2D eigenvalue weighted by Gasteiger charge is 2.15. The Morgan fingerprint density at radius 1 is 1.00 bits per heavy atom. The highest BCUT2D eigenvalue weighted by atomic mass is 32.2.